The zero-order valence-corrected chi connectivity index (χ0v) is 14.1. The fourth-order valence-electron chi connectivity index (χ4n) is 2.22. The third kappa shape index (κ3) is 4.42. The topological polar surface area (TPSA) is 48.8 Å². The number of aliphatic imine (C=N–C) groups is 1. The molecular formula is C16H19IN4. The van der Waals surface area contributed by atoms with Gasteiger partial charge in [0.05, 0.1) is 6.21 Å². The molecule has 1 aliphatic heterocycles. The smallest absolute Gasteiger partial charge is 0.212 e. The molecule has 4 nitrogen and oxygen atoms in total. The van der Waals surface area contributed by atoms with Gasteiger partial charge in [0.1, 0.15) is 0 Å². The Bertz CT molecular complexity index is 652. The van der Waals surface area contributed by atoms with E-state index in [2.05, 4.69) is 51.2 Å². The lowest BCUT2D eigenvalue weighted by atomic mass is 10.1. The van der Waals surface area contributed by atoms with Gasteiger partial charge in [0, 0.05) is 13.1 Å². The average molecular weight is 394 g/mol. The molecule has 0 bridgehead atoms. The number of hydrogen-bond donors (Lipinski definition) is 2. The quantitative estimate of drug-likeness (QED) is 0.467. The number of benzene rings is 2. The molecule has 0 amide bonds. The lowest BCUT2D eigenvalue weighted by Gasteiger charge is -2.04. The second kappa shape index (κ2) is 7.97. The third-order valence-corrected chi connectivity index (χ3v) is 3.30. The van der Waals surface area contributed by atoms with Crippen LogP contribution in [0.2, 0.25) is 0 Å². The van der Waals surface area contributed by atoms with Crippen LogP contribution in [-0.4, -0.2) is 25.3 Å². The van der Waals surface area contributed by atoms with Crippen LogP contribution in [0.3, 0.4) is 0 Å². The predicted octanol–water partition coefficient (Wildman–Crippen LogP) is 3.12. The van der Waals surface area contributed by atoms with Gasteiger partial charge in [-0.2, -0.15) is 5.10 Å². The van der Waals surface area contributed by atoms with Gasteiger partial charge in [-0.3, -0.25) is 4.99 Å². The van der Waals surface area contributed by atoms with Gasteiger partial charge in [0.15, 0.2) is 0 Å². The van der Waals surface area contributed by atoms with Crippen molar-refractivity contribution in [2.45, 2.75) is 12.8 Å². The van der Waals surface area contributed by atoms with Crippen LogP contribution in [0.15, 0.2) is 52.6 Å². The van der Waals surface area contributed by atoms with E-state index < -0.39 is 0 Å². The number of halogens is 1. The molecule has 1 heterocycles. The molecular weight excluding hydrogens is 375 g/mol. The van der Waals surface area contributed by atoms with Crippen molar-refractivity contribution in [3.8, 4) is 0 Å². The van der Waals surface area contributed by atoms with E-state index >= 15 is 0 Å². The van der Waals surface area contributed by atoms with Crippen LogP contribution >= 0.6 is 24.0 Å². The lowest BCUT2D eigenvalue weighted by molar-refractivity contribution is 0.745. The number of guanidine groups is 1. The average Bonchev–Trinajstić information content (AvgIpc) is 2.76. The number of rotatable bonds is 2. The van der Waals surface area contributed by atoms with Crippen molar-refractivity contribution < 1.29 is 0 Å². The third-order valence-electron chi connectivity index (χ3n) is 3.30. The van der Waals surface area contributed by atoms with Crippen LogP contribution in [-0.2, 0) is 0 Å². The van der Waals surface area contributed by atoms with Crippen molar-refractivity contribution in [1.29, 1.82) is 0 Å². The molecule has 110 valence electrons. The highest BCUT2D eigenvalue weighted by Crippen LogP contribution is 2.14. The van der Waals surface area contributed by atoms with E-state index in [1.54, 1.807) is 0 Å². The molecule has 0 saturated carbocycles. The highest BCUT2D eigenvalue weighted by molar-refractivity contribution is 14.0. The molecule has 2 N–H and O–H groups in total. The standard InChI is InChI=1S/C16H18N4.HI/c1-2-6-15-11-13(7-8-14(15)5-1)12-19-20-16-17-9-3-4-10-18-16;/h1-2,5-8,11-12H,3-4,9-10H2,(H2,17,18,20);1H. The maximum atomic E-state index is 4.38. The zero-order valence-electron chi connectivity index (χ0n) is 11.7. The van der Waals surface area contributed by atoms with Gasteiger partial charge < -0.3 is 5.32 Å². The molecule has 5 heteroatoms. The van der Waals surface area contributed by atoms with Gasteiger partial charge in [-0.15, -0.1) is 24.0 Å². The summed E-state index contributed by atoms with van der Waals surface area (Å²) in [7, 11) is 0. The Kier molecular flexibility index (Phi) is 5.98. The van der Waals surface area contributed by atoms with Crippen molar-refractivity contribution in [1.82, 2.24) is 10.7 Å². The van der Waals surface area contributed by atoms with Gasteiger partial charge in [0.25, 0.3) is 0 Å². The number of hydrazone groups is 1. The number of nitrogens with zero attached hydrogens (tertiary/aromatic N) is 2. The first kappa shape index (κ1) is 15.8. The number of nitrogens with one attached hydrogen (secondary N) is 2. The highest BCUT2D eigenvalue weighted by atomic mass is 127. The minimum absolute atomic E-state index is 0. The van der Waals surface area contributed by atoms with Gasteiger partial charge in [-0.25, -0.2) is 5.43 Å². The monoisotopic (exact) mass is 394 g/mol. The minimum Gasteiger partial charge on any atom is -0.355 e. The second-order valence-electron chi connectivity index (χ2n) is 4.84. The maximum absolute atomic E-state index is 4.38. The predicted molar refractivity (Wildman–Crippen MR) is 99.6 cm³/mol. The van der Waals surface area contributed by atoms with E-state index in [1.165, 1.54) is 10.8 Å². The maximum Gasteiger partial charge on any atom is 0.212 e. The number of hydrogen-bond acceptors (Lipinski definition) is 4. The van der Waals surface area contributed by atoms with Crippen molar-refractivity contribution in [2.24, 2.45) is 10.1 Å². The summed E-state index contributed by atoms with van der Waals surface area (Å²) in [6.45, 7) is 1.82. The summed E-state index contributed by atoms with van der Waals surface area (Å²) in [5, 5.41) is 9.93. The first-order valence-electron chi connectivity index (χ1n) is 6.98. The second-order valence-corrected chi connectivity index (χ2v) is 4.84. The Hall–Kier alpha value is -1.63. The molecule has 0 saturated heterocycles. The molecule has 0 unspecified atom stereocenters. The first-order chi connectivity index (χ1) is 9.92. The molecule has 2 aromatic rings. The summed E-state index contributed by atoms with van der Waals surface area (Å²) in [4.78, 5) is 4.38. The summed E-state index contributed by atoms with van der Waals surface area (Å²) in [5.74, 6) is 0.763. The molecule has 3 rings (SSSR count). The summed E-state index contributed by atoms with van der Waals surface area (Å²) < 4.78 is 0. The van der Waals surface area contributed by atoms with Crippen molar-refractivity contribution in [3.63, 3.8) is 0 Å². The normalized spacial score (nSPS) is 15.0. The first-order valence-corrected chi connectivity index (χ1v) is 6.98. The fraction of sp³-hybridized carbons (Fsp3) is 0.250. The van der Waals surface area contributed by atoms with Gasteiger partial charge >= 0.3 is 0 Å². The fourth-order valence-corrected chi connectivity index (χ4v) is 2.22. The van der Waals surface area contributed by atoms with E-state index in [0.29, 0.717) is 0 Å². The van der Waals surface area contributed by atoms with E-state index in [9.17, 15) is 0 Å². The Balaban J connectivity index is 0.00000161. The number of fused-ring (bicyclic) bond motifs is 1. The molecule has 0 aliphatic carbocycles. The van der Waals surface area contributed by atoms with Gasteiger partial charge in [0.2, 0.25) is 5.96 Å². The molecule has 21 heavy (non-hydrogen) atoms. The summed E-state index contributed by atoms with van der Waals surface area (Å²) in [6.07, 6.45) is 4.11. The summed E-state index contributed by atoms with van der Waals surface area (Å²) >= 11 is 0. The van der Waals surface area contributed by atoms with Crippen LogP contribution in [0.1, 0.15) is 18.4 Å². The molecule has 0 spiro atoms. The Morgan fingerprint density at radius 2 is 1.95 bits per heavy atom. The van der Waals surface area contributed by atoms with E-state index in [4.69, 9.17) is 0 Å². The minimum atomic E-state index is 0. The largest absolute Gasteiger partial charge is 0.355 e. The molecule has 0 atom stereocenters. The zero-order chi connectivity index (χ0) is 13.6. The van der Waals surface area contributed by atoms with Crippen molar-refractivity contribution in [2.75, 3.05) is 13.1 Å². The Labute approximate surface area is 141 Å². The van der Waals surface area contributed by atoms with Crippen LogP contribution in [0.25, 0.3) is 10.8 Å². The van der Waals surface area contributed by atoms with Crippen molar-refractivity contribution >= 4 is 46.9 Å². The molecule has 0 fully saturated rings. The van der Waals surface area contributed by atoms with Gasteiger partial charge in [-0.1, -0.05) is 36.4 Å². The van der Waals surface area contributed by atoms with E-state index in [0.717, 1.165) is 37.5 Å². The summed E-state index contributed by atoms with van der Waals surface area (Å²) in [6, 6.07) is 14.6. The van der Waals surface area contributed by atoms with E-state index in [-0.39, 0.29) is 24.0 Å². The van der Waals surface area contributed by atoms with Crippen molar-refractivity contribution in [3.05, 3.63) is 48.0 Å². The van der Waals surface area contributed by atoms with Crippen LogP contribution < -0.4 is 10.7 Å². The SMILES string of the molecule is C(=NNC1=NCCCCN1)c1ccc2ccccc2c1.I. The molecule has 2 aromatic carbocycles. The highest BCUT2D eigenvalue weighted by Gasteiger charge is 2.00. The molecule has 1 aliphatic rings. The van der Waals surface area contributed by atoms with Crippen LogP contribution in [0.4, 0.5) is 0 Å². The van der Waals surface area contributed by atoms with Gasteiger partial charge in [-0.05, 0) is 35.2 Å². The van der Waals surface area contributed by atoms with Crippen LogP contribution in [0.5, 0.6) is 0 Å². The lowest BCUT2D eigenvalue weighted by Crippen LogP contribution is -2.33. The van der Waals surface area contributed by atoms with E-state index in [1.807, 2.05) is 18.3 Å². The molecule has 0 radical (unpaired) electrons. The summed E-state index contributed by atoms with van der Waals surface area (Å²) in [5.41, 5.74) is 4.04. The Morgan fingerprint density at radius 3 is 2.86 bits per heavy atom. The Morgan fingerprint density at radius 1 is 1.10 bits per heavy atom. The molecule has 0 aromatic heterocycles. The van der Waals surface area contributed by atoms with Crippen LogP contribution in [0, 0.1) is 0 Å².